The highest BCUT2D eigenvalue weighted by molar-refractivity contribution is 5.70. The van der Waals surface area contributed by atoms with E-state index in [1.54, 1.807) is 29.2 Å². The minimum absolute atomic E-state index is 0.0814. The van der Waals surface area contributed by atoms with Crippen molar-refractivity contribution in [2.45, 2.75) is 32.0 Å². The van der Waals surface area contributed by atoms with Gasteiger partial charge in [0.25, 0.3) is 0 Å². The van der Waals surface area contributed by atoms with Gasteiger partial charge in [-0.1, -0.05) is 24.3 Å². The molecule has 1 aliphatic heterocycles. The van der Waals surface area contributed by atoms with Crippen LogP contribution in [0.4, 0.5) is 4.79 Å². The summed E-state index contributed by atoms with van der Waals surface area (Å²) in [5, 5.41) is 22.1. The van der Waals surface area contributed by atoms with Crippen LogP contribution in [0.5, 0.6) is 11.5 Å². The lowest BCUT2D eigenvalue weighted by molar-refractivity contribution is 0.127. The van der Waals surface area contributed by atoms with Crippen molar-refractivity contribution >= 4 is 6.09 Å². The molecule has 3 atom stereocenters. The maximum absolute atomic E-state index is 12.2. The minimum Gasteiger partial charge on any atom is -0.508 e. The number of rotatable bonds is 6. The quantitative estimate of drug-likeness (QED) is 0.740. The Labute approximate surface area is 153 Å². The van der Waals surface area contributed by atoms with Crippen LogP contribution in [0.15, 0.2) is 48.5 Å². The average molecular weight is 356 g/mol. The van der Waals surface area contributed by atoms with Crippen molar-refractivity contribution in [2.75, 3.05) is 13.1 Å². The Balaban J connectivity index is 1.55. The highest BCUT2D eigenvalue weighted by Gasteiger charge is 2.34. The number of nitrogens with one attached hydrogen (secondary N) is 1. The van der Waals surface area contributed by atoms with Crippen molar-refractivity contribution in [1.82, 2.24) is 10.2 Å². The second-order valence-corrected chi connectivity index (χ2v) is 6.65. The fraction of sp³-hybridized carbons (Fsp3) is 0.350. The van der Waals surface area contributed by atoms with Crippen LogP contribution in [0.3, 0.4) is 0 Å². The van der Waals surface area contributed by atoms with Gasteiger partial charge >= 0.3 is 6.09 Å². The van der Waals surface area contributed by atoms with E-state index in [0.29, 0.717) is 13.1 Å². The van der Waals surface area contributed by atoms with E-state index in [9.17, 15) is 15.0 Å². The SMILES string of the molecule is C[C@H](NC[C@@H]1CN([C@@H](C)c2ccc(O)cc2)C(=O)O1)c1ccc(O)cc1. The molecule has 3 rings (SSSR count). The summed E-state index contributed by atoms with van der Waals surface area (Å²) in [6, 6.07) is 13.9. The first-order chi connectivity index (χ1) is 12.4. The molecule has 0 spiro atoms. The van der Waals surface area contributed by atoms with E-state index < -0.39 is 0 Å². The van der Waals surface area contributed by atoms with Gasteiger partial charge in [0, 0.05) is 12.6 Å². The van der Waals surface area contributed by atoms with Gasteiger partial charge in [0.1, 0.15) is 17.6 Å². The maximum atomic E-state index is 12.2. The Kier molecular flexibility index (Phi) is 5.32. The van der Waals surface area contributed by atoms with Crippen LogP contribution in [-0.4, -0.2) is 40.4 Å². The van der Waals surface area contributed by atoms with Crippen LogP contribution in [-0.2, 0) is 4.74 Å². The molecule has 0 radical (unpaired) electrons. The molecule has 6 heteroatoms. The van der Waals surface area contributed by atoms with Crippen molar-refractivity contribution in [3.05, 3.63) is 59.7 Å². The first kappa shape index (κ1) is 18.1. The maximum Gasteiger partial charge on any atom is 0.410 e. The Morgan fingerprint density at radius 3 is 2.15 bits per heavy atom. The molecule has 0 bridgehead atoms. The summed E-state index contributed by atoms with van der Waals surface area (Å²) in [5.74, 6) is 0.444. The van der Waals surface area contributed by atoms with Crippen molar-refractivity contribution in [3.63, 3.8) is 0 Å². The smallest absolute Gasteiger partial charge is 0.410 e. The van der Waals surface area contributed by atoms with Gasteiger partial charge in [-0.3, -0.25) is 4.90 Å². The topological polar surface area (TPSA) is 82.0 Å². The molecule has 2 aromatic rings. The van der Waals surface area contributed by atoms with Gasteiger partial charge in [-0.2, -0.15) is 0 Å². The van der Waals surface area contributed by atoms with Crippen molar-refractivity contribution < 1.29 is 19.7 Å². The van der Waals surface area contributed by atoms with E-state index >= 15 is 0 Å². The third kappa shape index (κ3) is 4.08. The molecule has 26 heavy (non-hydrogen) atoms. The Morgan fingerprint density at radius 2 is 1.58 bits per heavy atom. The molecule has 1 fully saturated rings. The predicted octanol–water partition coefficient (Wildman–Crippen LogP) is 3.33. The summed E-state index contributed by atoms with van der Waals surface area (Å²) in [6.07, 6.45) is -0.545. The summed E-state index contributed by atoms with van der Waals surface area (Å²) < 4.78 is 5.48. The fourth-order valence-corrected chi connectivity index (χ4v) is 3.09. The molecule has 0 unspecified atom stereocenters. The zero-order valence-corrected chi connectivity index (χ0v) is 14.9. The number of benzene rings is 2. The molecule has 1 amide bonds. The molecule has 0 aliphatic carbocycles. The van der Waals surface area contributed by atoms with Crippen molar-refractivity contribution in [1.29, 1.82) is 0 Å². The Hall–Kier alpha value is -2.73. The van der Waals surface area contributed by atoms with Gasteiger partial charge in [0.05, 0.1) is 12.6 Å². The van der Waals surface area contributed by atoms with Crippen molar-refractivity contribution in [3.8, 4) is 11.5 Å². The van der Waals surface area contributed by atoms with E-state index in [1.165, 1.54) is 0 Å². The molecule has 6 nitrogen and oxygen atoms in total. The van der Waals surface area contributed by atoms with E-state index in [1.807, 2.05) is 38.1 Å². The molecule has 138 valence electrons. The standard InChI is InChI=1S/C20H24N2O4/c1-13(15-3-7-17(23)8-4-15)21-11-19-12-22(20(25)26-19)14(2)16-5-9-18(24)10-6-16/h3-10,13-14,19,21,23-24H,11-12H2,1-2H3/t13-,14-,19+/m0/s1. The first-order valence-corrected chi connectivity index (χ1v) is 8.72. The summed E-state index contributed by atoms with van der Waals surface area (Å²) in [4.78, 5) is 13.9. The van der Waals surface area contributed by atoms with Gasteiger partial charge in [-0.25, -0.2) is 4.79 Å². The van der Waals surface area contributed by atoms with Gasteiger partial charge < -0.3 is 20.3 Å². The van der Waals surface area contributed by atoms with Gasteiger partial charge in [0.2, 0.25) is 0 Å². The molecule has 0 saturated carbocycles. The lowest BCUT2D eigenvalue weighted by Gasteiger charge is -2.22. The van der Waals surface area contributed by atoms with Crippen LogP contribution < -0.4 is 5.32 Å². The number of hydrogen-bond donors (Lipinski definition) is 3. The fourth-order valence-electron chi connectivity index (χ4n) is 3.09. The van der Waals surface area contributed by atoms with E-state index in [2.05, 4.69) is 5.32 Å². The number of amides is 1. The van der Waals surface area contributed by atoms with Crippen LogP contribution in [0, 0.1) is 0 Å². The largest absolute Gasteiger partial charge is 0.508 e. The van der Waals surface area contributed by atoms with Crippen LogP contribution in [0.1, 0.15) is 37.1 Å². The van der Waals surface area contributed by atoms with Gasteiger partial charge in [-0.15, -0.1) is 0 Å². The number of aromatic hydroxyl groups is 2. The summed E-state index contributed by atoms with van der Waals surface area (Å²) in [7, 11) is 0. The Bertz CT molecular complexity index is 745. The third-order valence-corrected chi connectivity index (χ3v) is 4.79. The average Bonchev–Trinajstić information content (AvgIpc) is 3.01. The highest BCUT2D eigenvalue weighted by Crippen LogP contribution is 2.27. The molecule has 1 heterocycles. The second-order valence-electron chi connectivity index (χ2n) is 6.65. The van der Waals surface area contributed by atoms with E-state index in [-0.39, 0.29) is 35.8 Å². The van der Waals surface area contributed by atoms with Gasteiger partial charge in [0.15, 0.2) is 0 Å². The van der Waals surface area contributed by atoms with Gasteiger partial charge in [-0.05, 0) is 49.2 Å². The van der Waals surface area contributed by atoms with E-state index in [0.717, 1.165) is 11.1 Å². The number of cyclic esters (lactones) is 1. The molecule has 2 aromatic carbocycles. The van der Waals surface area contributed by atoms with Crippen LogP contribution >= 0.6 is 0 Å². The third-order valence-electron chi connectivity index (χ3n) is 4.79. The summed E-state index contributed by atoms with van der Waals surface area (Å²) in [6.45, 7) is 5.03. The monoisotopic (exact) mass is 356 g/mol. The normalized spacial score (nSPS) is 19.2. The zero-order chi connectivity index (χ0) is 18.7. The minimum atomic E-state index is -0.324. The highest BCUT2D eigenvalue weighted by atomic mass is 16.6. The molecular weight excluding hydrogens is 332 g/mol. The number of hydrogen-bond acceptors (Lipinski definition) is 5. The van der Waals surface area contributed by atoms with Crippen LogP contribution in [0.2, 0.25) is 0 Å². The molecule has 3 N–H and O–H groups in total. The summed E-state index contributed by atoms with van der Waals surface area (Å²) in [5.41, 5.74) is 2.01. The number of carbonyl (C=O) groups excluding carboxylic acids is 1. The molecule has 0 aromatic heterocycles. The molecular formula is C20H24N2O4. The number of nitrogens with zero attached hydrogens (tertiary/aromatic N) is 1. The van der Waals surface area contributed by atoms with E-state index in [4.69, 9.17) is 4.74 Å². The zero-order valence-electron chi connectivity index (χ0n) is 14.9. The Morgan fingerprint density at radius 1 is 1.04 bits per heavy atom. The lowest BCUT2D eigenvalue weighted by Crippen LogP contribution is -2.33. The number of phenols is 2. The second kappa shape index (κ2) is 7.66. The van der Waals surface area contributed by atoms with Crippen LogP contribution in [0.25, 0.3) is 0 Å². The first-order valence-electron chi connectivity index (χ1n) is 8.72. The number of phenolic OH excluding ortho intramolecular Hbond substituents is 2. The lowest BCUT2D eigenvalue weighted by atomic mass is 10.1. The number of carbonyl (C=O) groups is 1. The molecule has 1 saturated heterocycles. The predicted molar refractivity (Wildman–Crippen MR) is 98.0 cm³/mol. The molecule has 1 aliphatic rings. The number of ether oxygens (including phenoxy) is 1. The van der Waals surface area contributed by atoms with Crippen molar-refractivity contribution in [2.24, 2.45) is 0 Å². The summed E-state index contributed by atoms with van der Waals surface area (Å²) >= 11 is 0.